The van der Waals surface area contributed by atoms with Crippen molar-refractivity contribution in [3.05, 3.63) is 29.6 Å². The molecule has 0 radical (unpaired) electrons. The first-order valence-electron chi connectivity index (χ1n) is 6.94. The number of carbonyl (C=O) groups excluding carboxylic acids is 1. The minimum atomic E-state index is 0.0517. The normalized spacial score (nSPS) is 22.5. The summed E-state index contributed by atoms with van der Waals surface area (Å²) in [5, 5.41) is 0.718. The van der Waals surface area contributed by atoms with Gasteiger partial charge in [-0.05, 0) is 44.1 Å². The van der Waals surface area contributed by atoms with Crippen LogP contribution in [0, 0.1) is 6.92 Å². The van der Waals surface area contributed by atoms with E-state index in [4.69, 9.17) is 0 Å². The molecule has 0 unspecified atom stereocenters. The molecule has 0 bridgehead atoms. The summed E-state index contributed by atoms with van der Waals surface area (Å²) in [4.78, 5) is 18.6. The number of hydrogen-bond acceptors (Lipinski definition) is 3. The monoisotopic (exact) mass is 278 g/mol. The molecule has 2 rings (SSSR count). The number of rotatable bonds is 4. The van der Waals surface area contributed by atoms with Gasteiger partial charge in [0.2, 0.25) is 0 Å². The molecular formula is C15H22N2OS. The zero-order valence-electron chi connectivity index (χ0n) is 11.9. The number of amides is 1. The topological polar surface area (TPSA) is 33.2 Å². The summed E-state index contributed by atoms with van der Waals surface area (Å²) in [6, 6.07) is 5.99. The van der Waals surface area contributed by atoms with Crippen LogP contribution in [0.4, 0.5) is 0 Å². The van der Waals surface area contributed by atoms with Gasteiger partial charge in [-0.3, -0.25) is 4.79 Å². The third-order valence-electron chi connectivity index (χ3n) is 3.73. The van der Waals surface area contributed by atoms with Crippen molar-refractivity contribution in [3.63, 3.8) is 0 Å². The summed E-state index contributed by atoms with van der Waals surface area (Å²) in [6.07, 6.45) is 3.46. The van der Waals surface area contributed by atoms with Crippen molar-refractivity contribution in [1.29, 1.82) is 0 Å². The highest BCUT2D eigenvalue weighted by atomic mass is 32.2. The molecule has 1 heterocycles. The summed E-state index contributed by atoms with van der Waals surface area (Å²) in [5.41, 5.74) is 1.46. The van der Waals surface area contributed by atoms with Gasteiger partial charge < -0.3 is 4.90 Å². The molecule has 0 spiro atoms. The molecule has 2 atom stereocenters. The number of hydrogen-bond donors (Lipinski definition) is 0. The second kappa shape index (κ2) is 6.42. The molecule has 1 fully saturated rings. The standard InChI is InChI=1S/C15H22N2OS/c1-4-19-13-9-8-12(10-13)17(3)15(18)14-7-5-6-11(2)16-14/h5-7,12-13H,4,8-10H2,1-3H3/t12-,13+/m1/s1. The lowest BCUT2D eigenvalue weighted by molar-refractivity contribution is 0.0729. The van der Waals surface area contributed by atoms with Crippen molar-refractivity contribution in [2.75, 3.05) is 12.8 Å². The van der Waals surface area contributed by atoms with Gasteiger partial charge in [0.15, 0.2) is 0 Å². The van der Waals surface area contributed by atoms with Crippen LogP contribution in [0.15, 0.2) is 18.2 Å². The quantitative estimate of drug-likeness (QED) is 0.848. The van der Waals surface area contributed by atoms with Gasteiger partial charge >= 0.3 is 0 Å². The van der Waals surface area contributed by atoms with Crippen LogP contribution in [0.5, 0.6) is 0 Å². The molecule has 1 amide bonds. The Morgan fingerprint density at radius 3 is 2.95 bits per heavy atom. The van der Waals surface area contributed by atoms with Gasteiger partial charge in [0.05, 0.1) is 0 Å². The summed E-state index contributed by atoms with van der Waals surface area (Å²) < 4.78 is 0. The van der Waals surface area contributed by atoms with Crippen molar-refractivity contribution >= 4 is 17.7 Å². The van der Waals surface area contributed by atoms with E-state index in [2.05, 4.69) is 11.9 Å². The van der Waals surface area contributed by atoms with Gasteiger partial charge in [-0.1, -0.05) is 13.0 Å². The minimum Gasteiger partial charge on any atom is -0.337 e. The molecule has 104 valence electrons. The summed E-state index contributed by atoms with van der Waals surface area (Å²) >= 11 is 2.02. The van der Waals surface area contributed by atoms with E-state index in [1.807, 2.05) is 42.8 Å². The van der Waals surface area contributed by atoms with Gasteiger partial charge in [-0.25, -0.2) is 4.98 Å². The summed E-state index contributed by atoms with van der Waals surface area (Å²) in [7, 11) is 1.91. The fourth-order valence-electron chi connectivity index (χ4n) is 2.66. The lowest BCUT2D eigenvalue weighted by Gasteiger charge is -2.24. The molecule has 1 aliphatic carbocycles. The molecule has 0 N–H and O–H groups in total. The number of aromatic nitrogens is 1. The number of carbonyl (C=O) groups is 1. The number of thioether (sulfide) groups is 1. The zero-order valence-corrected chi connectivity index (χ0v) is 12.7. The molecule has 0 saturated heterocycles. The molecule has 0 aromatic carbocycles. The molecule has 1 saturated carbocycles. The molecule has 3 nitrogen and oxygen atoms in total. The fourth-order valence-corrected chi connectivity index (χ4v) is 3.80. The Kier molecular flexibility index (Phi) is 4.86. The van der Waals surface area contributed by atoms with Crippen LogP contribution in [0.25, 0.3) is 0 Å². The third-order valence-corrected chi connectivity index (χ3v) is 4.97. The molecular weight excluding hydrogens is 256 g/mol. The van der Waals surface area contributed by atoms with E-state index >= 15 is 0 Å². The average molecular weight is 278 g/mol. The SMILES string of the molecule is CCS[C@H]1CC[C@@H](N(C)C(=O)c2cccc(C)n2)C1. The molecule has 19 heavy (non-hydrogen) atoms. The maximum atomic E-state index is 12.4. The first-order chi connectivity index (χ1) is 9.11. The summed E-state index contributed by atoms with van der Waals surface area (Å²) in [6.45, 7) is 4.11. The second-order valence-corrected chi connectivity index (χ2v) is 6.70. The predicted octanol–water partition coefficient (Wildman–Crippen LogP) is 3.14. The van der Waals surface area contributed by atoms with Crippen LogP contribution in [0.1, 0.15) is 42.4 Å². The average Bonchev–Trinajstić information content (AvgIpc) is 2.86. The Hall–Kier alpha value is -1.03. The van der Waals surface area contributed by atoms with Crippen molar-refractivity contribution < 1.29 is 4.79 Å². The number of aryl methyl sites for hydroxylation is 1. The smallest absolute Gasteiger partial charge is 0.272 e. The van der Waals surface area contributed by atoms with Crippen LogP contribution >= 0.6 is 11.8 Å². The van der Waals surface area contributed by atoms with Crippen LogP contribution < -0.4 is 0 Å². The van der Waals surface area contributed by atoms with E-state index in [9.17, 15) is 4.79 Å². The Morgan fingerprint density at radius 1 is 1.47 bits per heavy atom. The molecule has 4 heteroatoms. The van der Waals surface area contributed by atoms with Crippen LogP contribution in [-0.4, -0.2) is 39.9 Å². The molecule has 0 aliphatic heterocycles. The lowest BCUT2D eigenvalue weighted by atomic mass is 10.2. The van der Waals surface area contributed by atoms with Gasteiger partial charge in [0.1, 0.15) is 5.69 Å². The van der Waals surface area contributed by atoms with E-state index in [0.29, 0.717) is 11.7 Å². The van der Waals surface area contributed by atoms with E-state index in [0.717, 1.165) is 29.5 Å². The Morgan fingerprint density at radius 2 is 2.26 bits per heavy atom. The molecule has 1 aliphatic rings. The van der Waals surface area contributed by atoms with E-state index in [1.54, 1.807) is 6.07 Å². The van der Waals surface area contributed by atoms with Crippen molar-refractivity contribution in [2.24, 2.45) is 0 Å². The van der Waals surface area contributed by atoms with Gasteiger partial charge in [0, 0.05) is 24.0 Å². The molecule has 1 aromatic rings. The first-order valence-corrected chi connectivity index (χ1v) is 7.99. The Labute approximate surface area is 119 Å². The lowest BCUT2D eigenvalue weighted by Crippen LogP contribution is -2.36. The van der Waals surface area contributed by atoms with Gasteiger partial charge in [0.25, 0.3) is 5.91 Å². The van der Waals surface area contributed by atoms with Crippen molar-refractivity contribution in [1.82, 2.24) is 9.88 Å². The van der Waals surface area contributed by atoms with Gasteiger partial charge in [-0.15, -0.1) is 0 Å². The zero-order chi connectivity index (χ0) is 13.8. The first kappa shape index (κ1) is 14.4. The van der Waals surface area contributed by atoms with Crippen LogP contribution in [0.3, 0.4) is 0 Å². The van der Waals surface area contributed by atoms with Crippen LogP contribution in [-0.2, 0) is 0 Å². The number of nitrogens with zero attached hydrogens (tertiary/aromatic N) is 2. The van der Waals surface area contributed by atoms with Gasteiger partial charge in [-0.2, -0.15) is 11.8 Å². The fraction of sp³-hybridized carbons (Fsp3) is 0.600. The van der Waals surface area contributed by atoms with Crippen molar-refractivity contribution in [2.45, 2.75) is 44.4 Å². The maximum Gasteiger partial charge on any atom is 0.272 e. The Balaban J connectivity index is 2.00. The second-order valence-electron chi connectivity index (χ2n) is 5.12. The summed E-state index contributed by atoms with van der Waals surface area (Å²) in [5.74, 6) is 1.21. The van der Waals surface area contributed by atoms with Crippen molar-refractivity contribution in [3.8, 4) is 0 Å². The highest BCUT2D eigenvalue weighted by Crippen LogP contribution is 2.32. The molecule has 1 aromatic heterocycles. The number of pyridine rings is 1. The minimum absolute atomic E-state index is 0.0517. The van der Waals surface area contributed by atoms with Crippen LogP contribution in [0.2, 0.25) is 0 Å². The van der Waals surface area contributed by atoms with E-state index in [1.165, 1.54) is 6.42 Å². The third kappa shape index (κ3) is 3.50. The van der Waals surface area contributed by atoms with E-state index in [-0.39, 0.29) is 5.91 Å². The highest BCUT2D eigenvalue weighted by molar-refractivity contribution is 7.99. The maximum absolute atomic E-state index is 12.4. The largest absolute Gasteiger partial charge is 0.337 e. The highest BCUT2D eigenvalue weighted by Gasteiger charge is 2.30. The Bertz CT molecular complexity index is 450. The predicted molar refractivity (Wildman–Crippen MR) is 80.6 cm³/mol. The van der Waals surface area contributed by atoms with E-state index < -0.39 is 0 Å².